The van der Waals surface area contributed by atoms with Gasteiger partial charge in [-0.3, -0.25) is 0 Å². The Morgan fingerprint density at radius 1 is 1.35 bits per heavy atom. The van der Waals surface area contributed by atoms with Gasteiger partial charge >= 0.3 is 0 Å². The van der Waals surface area contributed by atoms with E-state index in [4.69, 9.17) is 0 Å². The molecule has 3 heteroatoms. The van der Waals surface area contributed by atoms with E-state index in [1.54, 1.807) is 0 Å². The third-order valence-corrected chi connectivity index (χ3v) is 4.42. The number of hydrogen-bond acceptors (Lipinski definition) is 2. The van der Waals surface area contributed by atoms with Gasteiger partial charge in [-0.05, 0) is 37.0 Å². The first kappa shape index (κ1) is 15.5. The standard InChI is InChI=1S/C17H22BrNO/c1-2-3-4-5-11-19-12-9-17(20,10-13-19)15-7-6-8-16(18)14-15/h2-4,6-8,14,20H,1,5,9-13H2/b4-3+. The molecular formula is C17H22BrNO. The number of piperidine rings is 1. The molecule has 1 aromatic carbocycles. The predicted molar refractivity (Wildman–Crippen MR) is 87.7 cm³/mol. The van der Waals surface area contributed by atoms with Gasteiger partial charge in [0, 0.05) is 24.1 Å². The maximum absolute atomic E-state index is 10.8. The van der Waals surface area contributed by atoms with E-state index in [0.717, 1.165) is 48.9 Å². The fraction of sp³-hybridized carbons (Fsp3) is 0.412. The average molecular weight is 336 g/mol. The molecule has 1 saturated heterocycles. The lowest BCUT2D eigenvalue weighted by atomic mass is 9.84. The van der Waals surface area contributed by atoms with Gasteiger partial charge in [0.25, 0.3) is 0 Å². The first-order valence-corrected chi connectivity index (χ1v) is 7.92. The van der Waals surface area contributed by atoms with E-state index < -0.39 is 5.60 Å². The van der Waals surface area contributed by atoms with E-state index in [-0.39, 0.29) is 0 Å². The Balaban J connectivity index is 1.89. The summed E-state index contributed by atoms with van der Waals surface area (Å²) in [6.45, 7) is 6.62. The number of benzene rings is 1. The SMILES string of the molecule is C=C/C=C/CCN1CCC(O)(c2cccc(Br)c2)CC1. The molecule has 1 aromatic rings. The Hall–Kier alpha value is -0.900. The molecule has 1 aliphatic rings. The van der Waals surface area contributed by atoms with Crippen molar-refractivity contribution in [1.29, 1.82) is 0 Å². The van der Waals surface area contributed by atoms with E-state index >= 15 is 0 Å². The van der Waals surface area contributed by atoms with E-state index in [9.17, 15) is 5.11 Å². The zero-order valence-corrected chi connectivity index (χ0v) is 13.3. The van der Waals surface area contributed by atoms with E-state index in [0.29, 0.717) is 0 Å². The lowest BCUT2D eigenvalue weighted by molar-refractivity contribution is -0.0255. The molecule has 2 rings (SSSR count). The quantitative estimate of drug-likeness (QED) is 0.826. The lowest BCUT2D eigenvalue weighted by Crippen LogP contribution is -2.42. The third-order valence-electron chi connectivity index (χ3n) is 3.93. The van der Waals surface area contributed by atoms with Crippen LogP contribution in [0, 0.1) is 0 Å². The van der Waals surface area contributed by atoms with Crippen LogP contribution >= 0.6 is 15.9 Å². The zero-order valence-electron chi connectivity index (χ0n) is 11.8. The Morgan fingerprint density at radius 2 is 2.10 bits per heavy atom. The summed E-state index contributed by atoms with van der Waals surface area (Å²) < 4.78 is 1.03. The first-order valence-electron chi connectivity index (χ1n) is 7.12. The smallest absolute Gasteiger partial charge is 0.0921 e. The molecule has 0 spiro atoms. The van der Waals surface area contributed by atoms with Crippen LogP contribution in [0.3, 0.4) is 0 Å². The monoisotopic (exact) mass is 335 g/mol. The number of aliphatic hydroxyl groups is 1. The van der Waals surface area contributed by atoms with Gasteiger partial charge in [-0.15, -0.1) is 0 Å². The lowest BCUT2D eigenvalue weighted by Gasteiger charge is -2.38. The molecule has 0 atom stereocenters. The summed E-state index contributed by atoms with van der Waals surface area (Å²) in [5.74, 6) is 0. The van der Waals surface area contributed by atoms with Gasteiger partial charge in [0.2, 0.25) is 0 Å². The number of nitrogens with zero attached hydrogens (tertiary/aromatic N) is 1. The molecule has 0 saturated carbocycles. The van der Waals surface area contributed by atoms with Gasteiger partial charge in [0.1, 0.15) is 0 Å². The van der Waals surface area contributed by atoms with Gasteiger partial charge < -0.3 is 10.0 Å². The highest BCUT2D eigenvalue weighted by Gasteiger charge is 2.33. The Bertz CT molecular complexity index is 476. The average Bonchev–Trinajstić information content (AvgIpc) is 2.46. The fourth-order valence-corrected chi connectivity index (χ4v) is 3.06. The van der Waals surface area contributed by atoms with Crippen LogP contribution in [0.5, 0.6) is 0 Å². The van der Waals surface area contributed by atoms with Crippen molar-refractivity contribution < 1.29 is 5.11 Å². The Kier molecular flexibility index (Phi) is 5.58. The molecule has 0 amide bonds. The van der Waals surface area contributed by atoms with Crippen molar-refractivity contribution in [3.05, 3.63) is 59.1 Å². The molecule has 108 valence electrons. The van der Waals surface area contributed by atoms with Crippen LogP contribution in [-0.4, -0.2) is 29.6 Å². The maximum atomic E-state index is 10.8. The van der Waals surface area contributed by atoms with Gasteiger partial charge in [-0.1, -0.05) is 52.9 Å². The van der Waals surface area contributed by atoms with Gasteiger partial charge in [0.15, 0.2) is 0 Å². The summed E-state index contributed by atoms with van der Waals surface area (Å²) in [6.07, 6.45) is 8.58. The van der Waals surface area contributed by atoms with Crippen molar-refractivity contribution in [1.82, 2.24) is 4.90 Å². The summed E-state index contributed by atoms with van der Waals surface area (Å²) in [6, 6.07) is 8.04. The maximum Gasteiger partial charge on any atom is 0.0921 e. The first-order chi connectivity index (χ1) is 9.64. The van der Waals surface area contributed by atoms with Gasteiger partial charge in [-0.25, -0.2) is 0 Å². The second-order valence-corrected chi connectivity index (χ2v) is 6.25. The highest BCUT2D eigenvalue weighted by Crippen LogP contribution is 2.33. The fourth-order valence-electron chi connectivity index (χ4n) is 2.66. The van der Waals surface area contributed by atoms with Gasteiger partial charge in [0.05, 0.1) is 5.60 Å². The highest BCUT2D eigenvalue weighted by atomic mass is 79.9. The van der Waals surface area contributed by atoms with E-state index in [1.165, 1.54) is 0 Å². The van der Waals surface area contributed by atoms with E-state index in [1.807, 2.05) is 36.4 Å². The summed E-state index contributed by atoms with van der Waals surface area (Å²) in [5, 5.41) is 10.8. The largest absolute Gasteiger partial charge is 0.385 e. The van der Waals surface area contributed by atoms with Crippen LogP contribution in [-0.2, 0) is 5.60 Å². The van der Waals surface area contributed by atoms with Gasteiger partial charge in [-0.2, -0.15) is 0 Å². The number of halogens is 1. The number of allylic oxidation sites excluding steroid dienone is 2. The molecular weight excluding hydrogens is 314 g/mol. The van der Waals surface area contributed by atoms with Crippen LogP contribution in [0.4, 0.5) is 0 Å². The van der Waals surface area contributed by atoms with Crippen LogP contribution in [0.25, 0.3) is 0 Å². The van der Waals surface area contributed by atoms with E-state index in [2.05, 4.69) is 33.5 Å². The Morgan fingerprint density at radius 3 is 2.75 bits per heavy atom. The number of hydrogen-bond donors (Lipinski definition) is 1. The minimum Gasteiger partial charge on any atom is -0.385 e. The van der Waals surface area contributed by atoms with Crippen molar-refractivity contribution in [2.45, 2.75) is 24.9 Å². The van der Waals surface area contributed by atoms with Crippen LogP contribution in [0.1, 0.15) is 24.8 Å². The molecule has 1 fully saturated rings. The summed E-state index contributed by atoms with van der Waals surface area (Å²) >= 11 is 3.48. The van der Waals surface area contributed by atoms with Crippen molar-refractivity contribution >= 4 is 15.9 Å². The van der Waals surface area contributed by atoms with Crippen molar-refractivity contribution in [3.63, 3.8) is 0 Å². The van der Waals surface area contributed by atoms with Crippen LogP contribution in [0.2, 0.25) is 0 Å². The summed E-state index contributed by atoms with van der Waals surface area (Å²) in [5.41, 5.74) is 0.357. The second kappa shape index (κ2) is 7.21. The van der Waals surface area contributed by atoms with Crippen molar-refractivity contribution in [2.75, 3.05) is 19.6 Å². The topological polar surface area (TPSA) is 23.5 Å². The molecule has 0 unspecified atom stereocenters. The number of rotatable bonds is 5. The minimum atomic E-state index is -0.669. The summed E-state index contributed by atoms with van der Waals surface area (Å²) in [7, 11) is 0. The molecule has 1 N–H and O–H groups in total. The normalized spacial score (nSPS) is 19.3. The van der Waals surface area contributed by atoms with Crippen LogP contribution in [0.15, 0.2) is 53.5 Å². The summed E-state index contributed by atoms with van der Waals surface area (Å²) in [4.78, 5) is 2.42. The highest BCUT2D eigenvalue weighted by molar-refractivity contribution is 9.10. The molecule has 1 heterocycles. The third kappa shape index (κ3) is 4.05. The molecule has 20 heavy (non-hydrogen) atoms. The van der Waals surface area contributed by atoms with Crippen LogP contribution < -0.4 is 0 Å². The molecule has 0 bridgehead atoms. The second-order valence-electron chi connectivity index (χ2n) is 5.34. The molecule has 1 aliphatic heterocycles. The van der Waals surface area contributed by atoms with Crippen molar-refractivity contribution in [2.24, 2.45) is 0 Å². The molecule has 0 aliphatic carbocycles. The molecule has 0 aromatic heterocycles. The van der Waals surface area contributed by atoms with Crippen molar-refractivity contribution in [3.8, 4) is 0 Å². The zero-order chi connectivity index (χ0) is 14.4. The molecule has 0 radical (unpaired) electrons. The Labute approximate surface area is 129 Å². The predicted octanol–water partition coefficient (Wildman–Crippen LogP) is 3.86. The number of likely N-dealkylation sites (tertiary alicyclic amines) is 1. The minimum absolute atomic E-state index is 0.669. The molecule has 2 nitrogen and oxygen atoms in total.